The molecule has 2 aromatic rings. The molecule has 0 spiro atoms. The zero-order valence-corrected chi connectivity index (χ0v) is 15.6. The normalized spacial score (nSPS) is 24.0. The van der Waals surface area contributed by atoms with Crippen LogP contribution >= 0.6 is 0 Å². The molecule has 2 atom stereocenters. The molecule has 2 N–H and O–H groups in total. The van der Waals surface area contributed by atoms with Gasteiger partial charge in [0.2, 0.25) is 5.91 Å². The van der Waals surface area contributed by atoms with Gasteiger partial charge < -0.3 is 19.9 Å². The predicted molar refractivity (Wildman–Crippen MR) is 98.8 cm³/mol. The number of carbonyl (C=O) groups excluding carboxylic acids is 1. The smallest absolute Gasteiger partial charge is 0.220 e. The Morgan fingerprint density at radius 3 is 3.04 bits per heavy atom. The summed E-state index contributed by atoms with van der Waals surface area (Å²) in [6, 6.07) is 6.47. The molecule has 138 valence electrons. The van der Waals surface area contributed by atoms with Gasteiger partial charge in [-0.25, -0.2) is 4.98 Å². The molecule has 6 nitrogen and oxygen atoms in total. The van der Waals surface area contributed by atoms with E-state index >= 15 is 0 Å². The molecule has 1 aromatic heterocycles. The fraction of sp³-hybridized carbons (Fsp3) is 0.500. The average Bonchev–Trinajstić information content (AvgIpc) is 3.14. The lowest BCUT2D eigenvalue weighted by molar-refractivity contribution is -0.124. The number of aryl methyl sites for hydroxylation is 1. The number of carbonyl (C=O) groups is 1. The van der Waals surface area contributed by atoms with Crippen LogP contribution < -0.4 is 15.4 Å². The fourth-order valence-electron chi connectivity index (χ4n) is 3.96. The summed E-state index contributed by atoms with van der Waals surface area (Å²) in [5.41, 5.74) is 2.39. The molecular weight excluding hydrogens is 328 g/mol. The first-order valence-electron chi connectivity index (χ1n) is 9.22. The van der Waals surface area contributed by atoms with Gasteiger partial charge in [0, 0.05) is 44.9 Å². The average molecular weight is 354 g/mol. The van der Waals surface area contributed by atoms with Crippen molar-refractivity contribution in [1.82, 2.24) is 20.2 Å². The van der Waals surface area contributed by atoms with Gasteiger partial charge in [-0.15, -0.1) is 0 Å². The van der Waals surface area contributed by atoms with Crippen molar-refractivity contribution >= 4 is 5.91 Å². The number of ether oxygens (including phenoxy) is 1. The molecule has 0 bridgehead atoms. The Morgan fingerprint density at radius 1 is 1.42 bits per heavy atom. The summed E-state index contributed by atoms with van der Waals surface area (Å²) in [6.45, 7) is 5.00. The fourth-order valence-corrected chi connectivity index (χ4v) is 3.96. The summed E-state index contributed by atoms with van der Waals surface area (Å²) in [4.78, 5) is 16.3. The monoisotopic (exact) mass is 354 g/mol. The van der Waals surface area contributed by atoms with Gasteiger partial charge in [-0.1, -0.05) is 12.1 Å². The Labute approximate surface area is 154 Å². The minimum atomic E-state index is -0.120. The third-order valence-electron chi connectivity index (χ3n) is 5.23. The standard InChI is InChI=1S/C20H26N4O2/c1-20(2)11-14-10-13(4-6-16(14)26-20)12-22-15-5-7-17(25)23-18(15)19-21-8-9-24(19)3/h4,6,8-10,15,18,22H,5,7,11-12H2,1-3H3,(H,23,25)/t15-,18-/m1/s1. The molecule has 1 aromatic carbocycles. The maximum Gasteiger partial charge on any atom is 0.220 e. The predicted octanol–water partition coefficient (Wildman–Crippen LogP) is 2.24. The maximum atomic E-state index is 11.9. The summed E-state index contributed by atoms with van der Waals surface area (Å²) in [5.74, 6) is 1.97. The summed E-state index contributed by atoms with van der Waals surface area (Å²) in [7, 11) is 1.96. The van der Waals surface area contributed by atoms with Gasteiger partial charge in [-0.2, -0.15) is 0 Å². The summed E-state index contributed by atoms with van der Waals surface area (Å²) in [5, 5.41) is 6.72. The zero-order valence-electron chi connectivity index (χ0n) is 15.6. The molecule has 6 heteroatoms. The molecule has 0 radical (unpaired) electrons. The van der Waals surface area contributed by atoms with Crippen molar-refractivity contribution in [3.8, 4) is 5.75 Å². The lowest BCUT2D eigenvalue weighted by Crippen LogP contribution is -2.49. The molecule has 3 heterocycles. The zero-order chi connectivity index (χ0) is 18.3. The van der Waals surface area contributed by atoms with Gasteiger partial charge in [0.1, 0.15) is 23.2 Å². The number of piperidine rings is 1. The molecule has 4 rings (SSSR count). The van der Waals surface area contributed by atoms with Crippen LogP contribution in [-0.2, 0) is 24.8 Å². The molecule has 2 aliphatic rings. The van der Waals surface area contributed by atoms with E-state index < -0.39 is 0 Å². The molecule has 26 heavy (non-hydrogen) atoms. The Bertz CT molecular complexity index is 827. The van der Waals surface area contributed by atoms with Crippen LogP contribution in [0.15, 0.2) is 30.6 Å². The van der Waals surface area contributed by atoms with Gasteiger partial charge in [0.15, 0.2) is 0 Å². The van der Waals surface area contributed by atoms with Crippen molar-refractivity contribution in [2.75, 3.05) is 0 Å². The lowest BCUT2D eigenvalue weighted by atomic mass is 9.96. The van der Waals surface area contributed by atoms with E-state index in [0.717, 1.165) is 31.0 Å². The minimum absolute atomic E-state index is 0.0907. The molecule has 1 amide bonds. The van der Waals surface area contributed by atoms with E-state index in [1.165, 1.54) is 11.1 Å². The largest absolute Gasteiger partial charge is 0.487 e. The van der Waals surface area contributed by atoms with Crippen LogP contribution in [0.5, 0.6) is 5.75 Å². The van der Waals surface area contributed by atoms with Crippen LogP contribution in [0, 0.1) is 0 Å². The number of rotatable bonds is 4. The van der Waals surface area contributed by atoms with Crippen molar-refractivity contribution in [2.24, 2.45) is 7.05 Å². The van der Waals surface area contributed by atoms with Crippen molar-refractivity contribution in [2.45, 2.75) is 57.3 Å². The van der Waals surface area contributed by atoms with Crippen molar-refractivity contribution < 1.29 is 9.53 Å². The molecule has 1 fully saturated rings. The highest BCUT2D eigenvalue weighted by Gasteiger charge is 2.33. The van der Waals surface area contributed by atoms with E-state index in [1.807, 2.05) is 17.8 Å². The lowest BCUT2D eigenvalue weighted by Gasteiger charge is -2.32. The van der Waals surface area contributed by atoms with Gasteiger partial charge in [-0.3, -0.25) is 4.79 Å². The molecule has 0 saturated carbocycles. The number of hydrogen-bond acceptors (Lipinski definition) is 4. The second-order valence-electron chi connectivity index (χ2n) is 7.95. The number of nitrogens with one attached hydrogen (secondary N) is 2. The maximum absolute atomic E-state index is 11.9. The van der Waals surface area contributed by atoms with E-state index in [-0.39, 0.29) is 23.6 Å². The Morgan fingerprint density at radius 2 is 2.27 bits per heavy atom. The minimum Gasteiger partial charge on any atom is -0.487 e. The van der Waals surface area contributed by atoms with Crippen LogP contribution in [0.25, 0.3) is 0 Å². The second kappa shape index (κ2) is 6.43. The van der Waals surface area contributed by atoms with Crippen molar-refractivity contribution in [3.63, 3.8) is 0 Å². The summed E-state index contributed by atoms with van der Waals surface area (Å²) >= 11 is 0. The van der Waals surface area contributed by atoms with E-state index in [0.29, 0.717) is 6.42 Å². The number of nitrogens with zero attached hydrogens (tertiary/aromatic N) is 2. The van der Waals surface area contributed by atoms with Gasteiger partial charge >= 0.3 is 0 Å². The first-order valence-corrected chi connectivity index (χ1v) is 9.22. The Kier molecular flexibility index (Phi) is 4.23. The number of amides is 1. The number of fused-ring (bicyclic) bond motifs is 1. The van der Waals surface area contributed by atoms with Crippen LogP contribution in [0.4, 0.5) is 0 Å². The van der Waals surface area contributed by atoms with Crippen LogP contribution in [0.3, 0.4) is 0 Å². The van der Waals surface area contributed by atoms with Crippen molar-refractivity contribution in [1.29, 1.82) is 0 Å². The topological polar surface area (TPSA) is 68.2 Å². The molecule has 0 unspecified atom stereocenters. The van der Waals surface area contributed by atoms with Crippen LogP contribution in [0.1, 0.15) is 49.7 Å². The van der Waals surface area contributed by atoms with Gasteiger partial charge in [0.05, 0.1) is 0 Å². The van der Waals surface area contributed by atoms with Crippen LogP contribution in [-0.4, -0.2) is 27.1 Å². The third kappa shape index (κ3) is 3.33. The molecule has 0 aliphatic carbocycles. The van der Waals surface area contributed by atoms with E-state index in [4.69, 9.17) is 4.74 Å². The SMILES string of the molecule is Cn1ccnc1[C@@H]1NC(=O)CC[C@H]1NCc1ccc2c(c1)CC(C)(C)O2. The molecular formula is C20H26N4O2. The Hall–Kier alpha value is -2.34. The molecule has 1 saturated heterocycles. The highest BCUT2D eigenvalue weighted by molar-refractivity contribution is 5.77. The number of imidazole rings is 1. The number of aromatic nitrogens is 2. The molecule has 2 aliphatic heterocycles. The van der Waals surface area contributed by atoms with E-state index in [9.17, 15) is 4.79 Å². The highest BCUT2D eigenvalue weighted by Crippen LogP contribution is 2.35. The number of benzene rings is 1. The summed E-state index contributed by atoms with van der Waals surface area (Å²) < 4.78 is 7.93. The van der Waals surface area contributed by atoms with E-state index in [2.05, 4.69) is 47.7 Å². The van der Waals surface area contributed by atoms with Gasteiger partial charge in [-0.05, 0) is 37.5 Å². The third-order valence-corrected chi connectivity index (χ3v) is 5.23. The van der Waals surface area contributed by atoms with E-state index in [1.54, 1.807) is 6.20 Å². The highest BCUT2D eigenvalue weighted by atomic mass is 16.5. The first kappa shape index (κ1) is 17.1. The summed E-state index contributed by atoms with van der Waals surface area (Å²) in [6.07, 6.45) is 5.98. The quantitative estimate of drug-likeness (QED) is 0.884. The van der Waals surface area contributed by atoms with Crippen molar-refractivity contribution in [3.05, 3.63) is 47.5 Å². The second-order valence-corrected chi connectivity index (χ2v) is 7.95. The number of hydrogen-bond donors (Lipinski definition) is 2. The van der Waals surface area contributed by atoms with Gasteiger partial charge in [0.25, 0.3) is 0 Å². The Balaban J connectivity index is 1.47. The first-order chi connectivity index (χ1) is 12.4. The van der Waals surface area contributed by atoms with Crippen LogP contribution in [0.2, 0.25) is 0 Å².